The van der Waals surface area contributed by atoms with E-state index in [1.54, 1.807) is 28.0 Å². The van der Waals surface area contributed by atoms with E-state index in [1.807, 2.05) is 19.1 Å². The standard InChI is InChI=1S/C21H20N4O2S2/c1-12-3-4-16-14(7-12)9-17(29-16)20-23-24-21(27-20)28-11-15-10-19(26)25-6-5-13(2)8-18(25)22-15/h5-6,8-10,12H,3-4,7,11H2,1-2H3. The second-order valence-corrected chi connectivity index (χ2v) is 9.65. The minimum atomic E-state index is -0.0878. The Bertz CT molecular complexity index is 1260. The van der Waals surface area contributed by atoms with E-state index in [2.05, 4.69) is 28.2 Å². The number of rotatable bonds is 4. The lowest BCUT2D eigenvalue weighted by Crippen LogP contribution is -2.15. The Balaban J connectivity index is 1.33. The summed E-state index contributed by atoms with van der Waals surface area (Å²) in [7, 11) is 0. The molecule has 0 amide bonds. The van der Waals surface area contributed by atoms with Gasteiger partial charge in [0.2, 0.25) is 0 Å². The van der Waals surface area contributed by atoms with Gasteiger partial charge >= 0.3 is 0 Å². The molecule has 0 N–H and O–H groups in total. The minimum absolute atomic E-state index is 0.0878. The van der Waals surface area contributed by atoms with Crippen LogP contribution in [-0.2, 0) is 18.6 Å². The van der Waals surface area contributed by atoms with Gasteiger partial charge in [-0.15, -0.1) is 21.5 Å². The second-order valence-electron chi connectivity index (χ2n) is 7.59. The van der Waals surface area contributed by atoms with E-state index in [-0.39, 0.29) is 5.56 Å². The largest absolute Gasteiger partial charge is 0.410 e. The van der Waals surface area contributed by atoms with Gasteiger partial charge in [0.1, 0.15) is 5.65 Å². The van der Waals surface area contributed by atoms with Crippen molar-refractivity contribution < 1.29 is 4.42 Å². The normalized spacial score (nSPS) is 16.3. The molecule has 6 nitrogen and oxygen atoms in total. The fourth-order valence-corrected chi connectivity index (χ4v) is 5.43. The van der Waals surface area contributed by atoms with Gasteiger partial charge in [0, 0.05) is 22.9 Å². The minimum Gasteiger partial charge on any atom is -0.410 e. The first kappa shape index (κ1) is 18.6. The zero-order valence-corrected chi connectivity index (χ0v) is 17.8. The van der Waals surface area contributed by atoms with E-state index in [1.165, 1.54) is 28.6 Å². The fourth-order valence-electron chi connectivity index (χ4n) is 3.64. The third kappa shape index (κ3) is 3.74. The molecule has 4 aromatic heterocycles. The van der Waals surface area contributed by atoms with E-state index in [0.29, 0.717) is 28.2 Å². The highest BCUT2D eigenvalue weighted by atomic mass is 32.2. The molecule has 1 aliphatic rings. The SMILES string of the molecule is Cc1ccn2c(=O)cc(CSc3nnc(-c4cc5c(s4)CCC(C)C5)o3)nc2c1. The van der Waals surface area contributed by atoms with Gasteiger partial charge in [-0.3, -0.25) is 9.20 Å². The number of thiophene rings is 1. The molecule has 4 heterocycles. The van der Waals surface area contributed by atoms with Crippen molar-refractivity contribution in [3.8, 4) is 10.8 Å². The van der Waals surface area contributed by atoms with Crippen LogP contribution in [0.3, 0.4) is 0 Å². The quantitative estimate of drug-likeness (QED) is 0.448. The molecule has 5 rings (SSSR count). The van der Waals surface area contributed by atoms with Crippen LogP contribution in [0.2, 0.25) is 0 Å². The maximum atomic E-state index is 12.3. The lowest BCUT2D eigenvalue weighted by molar-refractivity contribution is 0.466. The van der Waals surface area contributed by atoms with Gasteiger partial charge in [-0.25, -0.2) is 4.98 Å². The second kappa shape index (κ2) is 7.42. The molecule has 0 aliphatic heterocycles. The van der Waals surface area contributed by atoms with Crippen molar-refractivity contribution in [1.29, 1.82) is 0 Å². The van der Waals surface area contributed by atoms with Crippen LogP contribution >= 0.6 is 23.1 Å². The number of hydrogen-bond acceptors (Lipinski definition) is 7. The van der Waals surface area contributed by atoms with Crippen molar-refractivity contribution >= 4 is 28.7 Å². The van der Waals surface area contributed by atoms with Crippen LogP contribution in [0, 0.1) is 12.8 Å². The van der Waals surface area contributed by atoms with Crippen LogP contribution in [0.15, 0.2) is 44.9 Å². The number of nitrogens with zero attached hydrogens (tertiary/aromatic N) is 4. The molecule has 0 saturated heterocycles. The van der Waals surface area contributed by atoms with Crippen molar-refractivity contribution in [3.05, 3.63) is 62.5 Å². The van der Waals surface area contributed by atoms with Crippen molar-refractivity contribution in [2.75, 3.05) is 0 Å². The molecule has 0 bridgehead atoms. The Labute approximate surface area is 176 Å². The topological polar surface area (TPSA) is 73.3 Å². The van der Waals surface area contributed by atoms with Crippen LogP contribution in [0.25, 0.3) is 16.4 Å². The van der Waals surface area contributed by atoms with Crippen LogP contribution in [0.5, 0.6) is 0 Å². The summed E-state index contributed by atoms with van der Waals surface area (Å²) in [6, 6.07) is 7.56. The number of hydrogen-bond donors (Lipinski definition) is 0. The molecule has 148 valence electrons. The van der Waals surface area contributed by atoms with Gasteiger partial charge in [-0.05, 0) is 61.4 Å². The number of aromatic nitrogens is 4. The molecule has 1 atom stereocenters. The number of thioether (sulfide) groups is 1. The summed E-state index contributed by atoms with van der Waals surface area (Å²) in [5, 5.41) is 8.89. The first-order valence-corrected chi connectivity index (χ1v) is 11.4. The molecular weight excluding hydrogens is 404 g/mol. The molecule has 8 heteroatoms. The van der Waals surface area contributed by atoms with E-state index in [9.17, 15) is 4.79 Å². The highest BCUT2D eigenvalue weighted by molar-refractivity contribution is 7.98. The Kier molecular flexibility index (Phi) is 4.75. The summed E-state index contributed by atoms with van der Waals surface area (Å²) in [6.07, 6.45) is 5.27. The molecule has 0 saturated carbocycles. The molecule has 0 spiro atoms. The van der Waals surface area contributed by atoms with Crippen molar-refractivity contribution in [3.63, 3.8) is 0 Å². The third-order valence-corrected chi connectivity index (χ3v) is 7.24. The van der Waals surface area contributed by atoms with Crippen molar-refractivity contribution in [2.24, 2.45) is 5.92 Å². The first-order chi connectivity index (χ1) is 14.0. The maximum absolute atomic E-state index is 12.3. The van der Waals surface area contributed by atoms with Crippen LogP contribution < -0.4 is 5.56 Å². The zero-order valence-electron chi connectivity index (χ0n) is 16.2. The summed E-state index contributed by atoms with van der Waals surface area (Å²) in [6.45, 7) is 4.28. The molecule has 0 fully saturated rings. The molecular formula is C21H20N4O2S2. The Morgan fingerprint density at radius 2 is 2.21 bits per heavy atom. The lowest BCUT2D eigenvalue weighted by atomic mass is 9.90. The van der Waals surface area contributed by atoms with E-state index >= 15 is 0 Å². The number of pyridine rings is 1. The molecule has 29 heavy (non-hydrogen) atoms. The highest BCUT2D eigenvalue weighted by Crippen LogP contribution is 2.37. The van der Waals surface area contributed by atoms with Crippen LogP contribution in [-0.4, -0.2) is 19.6 Å². The molecule has 4 aromatic rings. The van der Waals surface area contributed by atoms with Gasteiger partial charge in [0.25, 0.3) is 16.7 Å². The van der Waals surface area contributed by atoms with Crippen molar-refractivity contribution in [1.82, 2.24) is 19.6 Å². The summed E-state index contributed by atoms with van der Waals surface area (Å²) >= 11 is 3.16. The highest BCUT2D eigenvalue weighted by Gasteiger charge is 2.21. The summed E-state index contributed by atoms with van der Waals surface area (Å²) < 4.78 is 7.42. The maximum Gasteiger partial charge on any atom is 0.277 e. The van der Waals surface area contributed by atoms with Crippen molar-refractivity contribution in [2.45, 2.75) is 44.1 Å². The van der Waals surface area contributed by atoms with Crippen LogP contribution in [0.1, 0.15) is 35.0 Å². The number of fused-ring (bicyclic) bond motifs is 2. The molecule has 0 radical (unpaired) electrons. The molecule has 1 aliphatic carbocycles. The van der Waals surface area contributed by atoms with E-state index in [4.69, 9.17) is 4.42 Å². The monoisotopic (exact) mass is 424 g/mol. The summed E-state index contributed by atoms with van der Waals surface area (Å²) in [5.74, 6) is 1.81. The molecule has 0 aromatic carbocycles. The van der Waals surface area contributed by atoms with E-state index in [0.717, 1.165) is 29.2 Å². The van der Waals surface area contributed by atoms with E-state index < -0.39 is 0 Å². The van der Waals surface area contributed by atoms with Gasteiger partial charge in [-0.1, -0.05) is 18.7 Å². The predicted octanol–water partition coefficient (Wildman–Crippen LogP) is 4.53. The van der Waals surface area contributed by atoms with Gasteiger partial charge in [0.05, 0.1) is 10.6 Å². The summed E-state index contributed by atoms with van der Waals surface area (Å²) in [5.41, 5.74) is 3.75. The van der Waals surface area contributed by atoms with Gasteiger partial charge in [0.15, 0.2) is 0 Å². The van der Waals surface area contributed by atoms with Crippen LogP contribution in [0.4, 0.5) is 0 Å². The average Bonchev–Trinajstić information content (AvgIpc) is 3.32. The van der Waals surface area contributed by atoms with Gasteiger partial charge in [-0.2, -0.15) is 0 Å². The fraction of sp³-hybridized carbons (Fsp3) is 0.333. The first-order valence-electron chi connectivity index (χ1n) is 9.62. The Morgan fingerprint density at radius 1 is 1.31 bits per heavy atom. The summed E-state index contributed by atoms with van der Waals surface area (Å²) in [4.78, 5) is 19.4. The molecule has 1 unspecified atom stereocenters. The number of aryl methyl sites for hydroxylation is 2. The lowest BCUT2D eigenvalue weighted by Gasteiger charge is -2.16. The van der Waals surface area contributed by atoms with Gasteiger partial charge < -0.3 is 4.42 Å². The zero-order chi connectivity index (χ0) is 20.0. The average molecular weight is 425 g/mol. The smallest absolute Gasteiger partial charge is 0.277 e. The predicted molar refractivity (Wildman–Crippen MR) is 115 cm³/mol. The third-order valence-electron chi connectivity index (χ3n) is 5.17. The Morgan fingerprint density at radius 3 is 3.10 bits per heavy atom. The Hall–Kier alpha value is -2.45.